The Balaban J connectivity index is 2.64. The fraction of sp³-hybridized carbons (Fsp3) is 0.846. The SMILES string of the molecule is CC(CC(=O)O)C1CCCN1C(=O)OC(C)(C)C. The van der Waals surface area contributed by atoms with E-state index in [9.17, 15) is 9.59 Å². The third-order valence-electron chi connectivity index (χ3n) is 3.08. The molecule has 0 aromatic carbocycles. The first-order valence-corrected chi connectivity index (χ1v) is 6.42. The highest BCUT2D eigenvalue weighted by molar-refractivity contribution is 5.70. The molecule has 1 fully saturated rings. The number of nitrogens with zero attached hydrogens (tertiary/aromatic N) is 1. The predicted molar refractivity (Wildman–Crippen MR) is 67.4 cm³/mol. The fourth-order valence-corrected chi connectivity index (χ4v) is 2.34. The molecular formula is C13H23NO4. The smallest absolute Gasteiger partial charge is 0.410 e. The van der Waals surface area contributed by atoms with E-state index in [2.05, 4.69) is 0 Å². The van der Waals surface area contributed by atoms with Crippen LogP contribution in [0.3, 0.4) is 0 Å². The lowest BCUT2D eigenvalue weighted by Crippen LogP contribution is -2.42. The molecule has 1 aliphatic rings. The van der Waals surface area contributed by atoms with Gasteiger partial charge < -0.3 is 14.7 Å². The van der Waals surface area contributed by atoms with Gasteiger partial charge in [-0.05, 0) is 39.5 Å². The van der Waals surface area contributed by atoms with Crippen molar-refractivity contribution in [2.24, 2.45) is 5.92 Å². The van der Waals surface area contributed by atoms with E-state index in [1.165, 1.54) is 0 Å². The van der Waals surface area contributed by atoms with Crippen LogP contribution in [-0.4, -0.2) is 40.3 Å². The minimum absolute atomic E-state index is 0.0176. The zero-order chi connectivity index (χ0) is 13.9. The number of carboxylic acids is 1. The summed E-state index contributed by atoms with van der Waals surface area (Å²) in [5.41, 5.74) is -0.514. The number of hydrogen-bond donors (Lipinski definition) is 1. The average molecular weight is 257 g/mol. The molecule has 0 aromatic heterocycles. The van der Waals surface area contributed by atoms with Gasteiger partial charge in [0.2, 0.25) is 0 Å². The monoisotopic (exact) mass is 257 g/mol. The molecule has 5 heteroatoms. The Hall–Kier alpha value is -1.26. The number of carbonyl (C=O) groups is 2. The zero-order valence-electron chi connectivity index (χ0n) is 11.6. The molecule has 0 bridgehead atoms. The molecule has 18 heavy (non-hydrogen) atoms. The Morgan fingerprint density at radius 2 is 2.06 bits per heavy atom. The number of carbonyl (C=O) groups excluding carboxylic acids is 1. The van der Waals surface area contributed by atoms with E-state index in [-0.39, 0.29) is 24.5 Å². The number of aliphatic carboxylic acids is 1. The lowest BCUT2D eigenvalue weighted by Gasteiger charge is -2.31. The van der Waals surface area contributed by atoms with Crippen molar-refractivity contribution in [1.29, 1.82) is 0 Å². The fourth-order valence-electron chi connectivity index (χ4n) is 2.34. The molecule has 1 amide bonds. The second-order valence-electron chi connectivity index (χ2n) is 5.96. The molecule has 0 aliphatic carbocycles. The summed E-state index contributed by atoms with van der Waals surface area (Å²) in [6.07, 6.45) is 1.52. The van der Waals surface area contributed by atoms with Gasteiger partial charge in [0.05, 0.1) is 0 Å². The van der Waals surface area contributed by atoms with Gasteiger partial charge in [0.15, 0.2) is 0 Å². The van der Waals surface area contributed by atoms with Gasteiger partial charge in [0.25, 0.3) is 0 Å². The summed E-state index contributed by atoms with van der Waals surface area (Å²) in [7, 11) is 0. The lowest BCUT2D eigenvalue weighted by molar-refractivity contribution is -0.138. The van der Waals surface area contributed by atoms with Crippen LogP contribution < -0.4 is 0 Å². The summed E-state index contributed by atoms with van der Waals surface area (Å²) in [6, 6.07) is -0.0176. The Morgan fingerprint density at radius 1 is 1.44 bits per heavy atom. The quantitative estimate of drug-likeness (QED) is 0.843. The van der Waals surface area contributed by atoms with Crippen LogP contribution in [0.15, 0.2) is 0 Å². The highest BCUT2D eigenvalue weighted by atomic mass is 16.6. The number of rotatable bonds is 3. The van der Waals surface area contributed by atoms with Gasteiger partial charge in [-0.3, -0.25) is 4.79 Å². The van der Waals surface area contributed by atoms with Crippen molar-refractivity contribution in [3.05, 3.63) is 0 Å². The summed E-state index contributed by atoms with van der Waals surface area (Å²) < 4.78 is 5.35. The molecule has 2 atom stereocenters. The van der Waals surface area contributed by atoms with Gasteiger partial charge in [0.1, 0.15) is 5.60 Å². The summed E-state index contributed by atoms with van der Waals surface area (Å²) in [5, 5.41) is 8.82. The van der Waals surface area contributed by atoms with Gasteiger partial charge in [0, 0.05) is 19.0 Å². The van der Waals surface area contributed by atoms with E-state index in [0.29, 0.717) is 6.54 Å². The van der Waals surface area contributed by atoms with Crippen molar-refractivity contribution in [3.8, 4) is 0 Å². The molecular weight excluding hydrogens is 234 g/mol. The molecule has 1 saturated heterocycles. The van der Waals surface area contributed by atoms with Crippen LogP contribution in [0.4, 0.5) is 4.79 Å². The normalized spacial score (nSPS) is 21.8. The van der Waals surface area contributed by atoms with Gasteiger partial charge in [-0.2, -0.15) is 0 Å². The summed E-state index contributed by atoms with van der Waals surface area (Å²) in [6.45, 7) is 8.02. The first-order chi connectivity index (χ1) is 8.20. The van der Waals surface area contributed by atoms with Crippen LogP contribution in [0.5, 0.6) is 0 Å². The second-order valence-corrected chi connectivity index (χ2v) is 5.96. The maximum absolute atomic E-state index is 12.0. The predicted octanol–water partition coefficient (Wildman–Crippen LogP) is 2.50. The van der Waals surface area contributed by atoms with E-state index in [1.54, 1.807) is 4.90 Å². The average Bonchev–Trinajstić information content (AvgIpc) is 2.61. The standard InChI is InChI=1S/C13H23NO4/c1-9(8-11(15)16)10-6-5-7-14(10)12(17)18-13(2,3)4/h9-10H,5-8H2,1-4H3,(H,15,16). The number of likely N-dealkylation sites (tertiary alicyclic amines) is 1. The Morgan fingerprint density at radius 3 is 2.56 bits per heavy atom. The zero-order valence-corrected chi connectivity index (χ0v) is 11.6. The van der Waals surface area contributed by atoms with Crippen molar-refractivity contribution in [1.82, 2.24) is 4.90 Å². The van der Waals surface area contributed by atoms with Crippen LogP contribution in [0.25, 0.3) is 0 Å². The summed E-state index contributed by atoms with van der Waals surface area (Å²) in [4.78, 5) is 24.4. The topological polar surface area (TPSA) is 66.8 Å². The summed E-state index contributed by atoms with van der Waals surface area (Å²) in [5.74, 6) is -0.865. The molecule has 1 N–H and O–H groups in total. The number of hydrogen-bond acceptors (Lipinski definition) is 3. The van der Waals surface area contributed by atoms with E-state index >= 15 is 0 Å². The Kier molecular flexibility index (Phi) is 4.59. The van der Waals surface area contributed by atoms with Crippen LogP contribution in [0, 0.1) is 5.92 Å². The second kappa shape index (κ2) is 5.59. The van der Waals surface area contributed by atoms with Crippen LogP contribution in [-0.2, 0) is 9.53 Å². The van der Waals surface area contributed by atoms with Crippen molar-refractivity contribution >= 4 is 12.1 Å². The first-order valence-electron chi connectivity index (χ1n) is 6.42. The lowest BCUT2D eigenvalue weighted by atomic mass is 9.96. The van der Waals surface area contributed by atoms with Crippen molar-refractivity contribution < 1.29 is 19.4 Å². The molecule has 104 valence electrons. The van der Waals surface area contributed by atoms with E-state index < -0.39 is 11.6 Å². The Bertz CT molecular complexity index is 321. The van der Waals surface area contributed by atoms with Crippen molar-refractivity contribution in [3.63, 3.8) is 0 Å². The molecule has 2 unspecified atom stereocenters. The molecule has 1 heterocycles. The highest BCUT2D eigenvalue weighted by Gasteiger charge is 2.35. The maximum atomic E-state index is 12.0. The highest BCUT2D eigenvalue weighted by Crippen LogP contribution is 2.27. The van der Waals surface area contributed by atoms with E-state index in [0.717, 1.165) is 12.8 Å². The van der Waals surface area contributed by atoms with Gasteiger partial charge >= 0.3 is 12.1 Å². The molecule has 1 rings (SSSR count). The third-order valence-corrected chi connectivity index (χ3v) is 3.08. The van der Waals surface area contributed by atoms with Gasteiger partial charge in [-0.15, -0.1) is 0 Å². The number of amides is 1. The van der Waals surface area contributed by atoms with Crippen molar-refractivity contribution in [2.75, 3.05) is 6.54 Å². The first kappa shape index (κ1) is 14.8. The maximum Gasteiger partial charge on any atom is 0.410 e. The molecule has 0 spiro atoms. The molecule has 0 aromatic rings. The van der Waals surface area contributed by atoms with Crippen LogP contribution in [0.1, 0.15) is 47.0 Å². The molecule has 0 saturated carbocycles. The van der Waals surface area contributed by atoms with Gasteiger partial charge in [-0.25, -0.2) is 4.79 Å². The molecule has 0 radical (unpaired) electrons. The van der Waals surface area contributed by atoms with Crippen LogP contribution >= 0.6 is 0 Å². The number of ether oxygens (including phenoxy) is 1. The minimum Gasteiger partial charge on any atom is -0.481 e. The number of carboxylic acid groups (broad SMARTS) is 1. The van der Waals surface area contributed by atoms with Crippen molar-refractivity contribution in [2.45, 2.75) is 58.6 Å². The Labute approximate surface area is 108 Å². The molecule has 1 aliphatic heterocycles. The minimum atomic E-state index is -0.821. The third kappa shape index (κ3) is 4.20. The summed E-state index contributed by atoms with van der Waals surface area (Å²) >= 11 is 0. The molecule has 5 nitrogen and oxygen atoms in total. The van der Waals surface area contributed by atoms with E-state index in [1.807, 2.05) is 27.7 Å². The van der Waals surface area contributed by atoms with Crippen LogP contribution in [0.2, 0.25) is 0 Å². The largest absolute Gasteiger partial charge is 0.481 e. The van der Waals surface area contributed by atoms with E-state index in [4.69, 9.17) is 9.84 Å². The van der Waals surface area contributed by atoms with Gasteiger partial charge in [-0.1, -0.05) is 6.92 Å².